The van der Waals surface area contributed by atoms with Gasteiger partial charge in [-0.2, -0.15) is 0 Å². The molecule has 0 unspecified atom stereocenters. The van der Waals surface area contributed by atoms with Crippen molar-refractivity contribution in [2.75, 3.05) is 5.32 Å². The zero-order valence-electron chi connectivity index (χ0n) is 10.5. The number of carbonyl (C=O) groups is 1. The Bertz CT molecular complexity index is 420. The average Bonchev–Trinajstić information content (AvgIpc) is 2.99. The van der Waals surface area contributed by atoms with Crippen LogP contribution in [0.3, 0.4) is 0 Å². The van der Waals surface area contributed by atoms with Gasteiger partial charge in [-0.25, -0.2) is 9.78 Å². The first-order chi connectivity index (χ1) is 7.94. The lowest BCUT2D eigenvalue weighted by atomic mass is 10.2. The molecule has 2 rings (SSSR count). The van der Waals surface area contributed by atoms with Gasteiger partial charge in [0, 0.05) is 12.2 Å². The Hall–Kier alpha value is -1.58. The summed E-state index contributed by atoms with van der Waals surface area (Å²) in [6.45, 7) is 5.57. The van der Waals surface area contributed by atoms with E-state index in [-0.39, 0.29) is 5.97 Å². The van der Waals surface area contributed by atoms with Gasteiger partial charge in [-0.05, 0) is 45.7 Å². The topological polar surface area (TPSA) is 51.2 Å². The van der Waals surface area contributed by atoms with Crippen LogP contribution in [0.25, 0.3) is 0 Å². The molecular formula is C13H18N2O2. The standard InChI is InChI=1S/C13H18N2O2/c1-13(2,3)17-12(16)9-6-7-14-11(8-9)15-10-4-5-10/h6-8,10H,4-5H2,1-3H3,(H,14,15). The molecule has 0 aliphatic heterocycles. The van der Waals surface area contributed by atoms with Crippen molar-refractivity contribution in [3.63, 3.8) is 0 Å². The summed E-state index contributed by atoms with van der Waals surface area (Å²) in [6, 6.07) is 3.94. The van der Waals surface area contributed by atoms with E-state index in [1.165, 1.54) is 12.8 Å². The molecule has 0 bridgehead atoms. The molecule has 1 aliphatic rings. The first-order valence-electron chi connectivity index (χ1n) is 5.90. The van der Waals surface area contributed by atoms with Crippen LogP contribution in [0.1, 0.15) is 44.0 Å². The molecular weight excluding hydrogens is 216 g/mol. The number of pyridine rings is 1. The van der Waals surface area contributed by atoms with Gasteiger partial charge in [-0.3, -0.25) is 0 Å². The first kappa shape index (κ1) is 11.9. The van der Waals surface area contributed by atoms with Crippen LogP contribution >= 0.6 is 0 Å². The van der Waals surface area contributed by atoms with Gasteiger partial charge in [0.15, 0.2) is 0 Å². The lowest BCUT2D eigenvalue weighted by molar-refractivity contribution is 0.00695. The molecule has 92 valence electrons. The molecule has 17 heavy (non-hydrogen) atoms. The number of nitrogens with one attached hydrogen (secondary N) is 1. The highest BCUT2D eigenvalue weighted by Gasteiger charge is 2.22. The molecule has 1 aliphatic carbocycles. The van der Waals surface area contributed by atoms with E-state index in [1.807, 2.05) is 20.8 Å². The van der Waals surface area contributed by atoms with Crippen LogP contribution in [-0.2, 0) is 4.74 Å². The fourth-order valence-corrected chi connectivity index (χ4v) is 1.41. The Balaban J connectivity index is 2.06. The van der Waals surface area contributed by atoms with Crippen LogP contribution < -0.4 is 5.32 Å². The van der Waals surface area contributed by atoms with Gasteiger partial charge < -0.3 is 10.1 Å². The summed E-state index contributed by atoms with van der Waals surface area (Å²) < 4.78 is 5.30. The highest BCUT2D eigenvalue weighted by atomic mass is 16.6. The number of nitrogens with zero attached hydrogens (tertiary/aromatic N) is 1. The number of hydrogen-bond acceptors (Lipinski definition) is 4. The highest BCUT2D eigenvalue weighted by Crippen LogP contribution is 2.24. The second kappa shape index (κ2) is 4.35. The number of aromatic nitrogens is 1. The van der Waals surface area contributed by atoms with Crippen molar-refractivity contribution in [2.45, 2.75) is 45.3 Å². The van der Waals surface area contributed by atoms with Crippen molar-refractivity contribution >= 4 is 11.8 Å². The normalized spacial score (nSPS) is 15.5. The number of rotatable bonds is 3. The third kappa shape index (κ3) is 3.73. The summed E-state index contributed by atoms with van der Waals surface area (Å²) in [7, 11) is 0. The zero-order valence-corrected chi connectivity index (χ0v) is 10.5. The molecule has 1 aromatic heterocycles. The van der Waals surface area contributed by atoms with Crippen LogP contribution in [0.15, 0.2) is 18.3 Å². The van der Waals surface area contributed by atoms with Crippen molar-refractivity contribution in [3.05, 3.63) is 23.9 Å². The maximum Gasteiger partial charge on any atom is 0.338 e. The number of ether oxygens (including phenoxy) is 1. The lowest BCUT2D eigenvalue weighted by Gasteiger charge is -2.19. The largest absolute Gasteiger partial charge is 0.456 e. The molecule has 0 aromatic carbocycles. The van der Waals surface area contributed by atoms with Crippen LogP contribution in [0, 0.1) is 0 Å². The van der Waals surface area contributed by atoms with Gasteiger partial charge in [0.25, 0.3) is 0 Å². The number of anilines is 1. The van der Waals surface area contributed by atoms with Crippen LogP contribution in [-0.4, -0.2) is 22.6 Å². The monoisotopic (exact) mass is 234 g/mol. The summed E-state index contributed by atoms with van der Waals surface area (Å²) in [5.41, 5.74) is 0.0721. The van der Waals surface area contributed by atoms with Gasteiger partial charge in [0.1, 0.15) is 11.4 Å². The minimum absolute atomic E-state index is 0.307. The molecule has 0 atom stereocenters. The van der Waals surface area contributed by atoms with E-state index in [1.54, 1.807) is 18.3 Å². The van der Waals surface area contributed by atoms with Crippen molar-refractivity contribution in [1.29, 1.82) is 0 Å². The summed E-state index contributed by atoms with van der Waals surface area (Å²) >= 11 is 0. The molecule has 4 heteroatoms. The maximum absolute atomic E-state index is 11.8. The van der Waals surface area contributed by atoms with Gasteiger partial charge in [-0.1, -0.05) is 0 Å². The molecule has 4 nitrogen and oxygen atoms in total. The molecule has 1 fully saturated rings. The predicted molar refractivity (Wildman–Crippen MR) is 66.1 cm³/mol. The highest BCUT2D eigenvalue weighted by molar-refractivity contribution is 5.90. The Morgan fingerprint density at radius 1 is 1.47 bits per heavy atom. The second-order valence-corrected chi connectivity index (χ2v) is 5.35. The van der Waals surface area contributed by atoms with E-state index in [2.05, 4.69) is 10.3 Å². The number of esters is 1. The number of hydrogen-bond donors (Lipinski definition) is 1. The van der Waals surface area contributed by atoms with E-state index < -0.39 is 5.60 Å². The van der Waals surface area contributed by atoms with E-state index >= 15 is 0 Å². The molecule has 0 spiro atoms. The summed E-state index contributed by atoms with van der Waals surface area (Å²) in [5, 5.41) is 3.26. The van der Waals surface area contributed by atoms with Gasteiger partial charge >= 0.3 is 5.97 Å². The average molecular weight is 234 g/mol. The smallest absolute Gasteiger partial charge is 0.338 e. The molecule has 0 saturated heterocycles. The molecule has 0 amide bonds. The molecule has 1 saturated carbocycles. The van der Waals surface area contributed by atoms with E-state index in [9.17, 15) is 4.79 Å². The van der Waals surface area contributed by atoms with Gasteiger partial charge in [-0.15, -0.1) is 0 Å². The molecule has 1 heterocycles. The third-order valence-electron chi connectivity index (χ3n) is 2.32. The first-order valence-corrected chi connectivity index (χ1v) is 5.90. The number of carbonyl (C=O) groups excluding carboxylic acids is 1. The van der Waals surface area contributed by atoms with Crippen molar-refractivity contribution in [3.8, 4) is 0 Å². The Kier molecular flexibility index (Phi) is 3.05. The van der Waals surface area contributed by atoms with E-state index in [4.69, 9.17) is 4.74 Å². The minimum atomic E-state index is -0.468. The lowest BCUT2D eigenvalue weighted by Crippen LogP contribution is -2.24. The molecule has 1 aromatic rings. The van der Waals surface area contributed by atoms with Crippen LogP contribution in [0.2, 0.25) is 0 Å². The minimum Gasteiger partial charge on any atom is -0.456 e. The van der Waals surface area contributed by atoms with Crippen LogP contribution in [0.5, 0.6) is 0 Å². The van der Waals surface area contributed by atoms with Crippen molar-refractivity contribution in [1.82, 2.24) is 4.98 Å². The zero-order chi connectivity index (χ0) is 12.5. The molecule has 1 N–H and O–H groups in total. The predicted octanol–water partition coefficient (Wildman–Crippen LogP) is 2.61. The SMILES string of the molecule is CC(C)(C)OC(=O)c1ccnc(NC2CC2)c1. The Morgan fingerprint density at radius 2 is 2.18 bits per heavy atom. The molecule has 0 radical (unpaired) electrons. The van der Waals surface area contributed by atoms with Gasteiger partial charge in [0.2, 0.25) is 0 Å². The summed E-state index contributed by atoms with van der Waals surface area (Å²) in [5.74, 6) is 0.439. The maximum atomic E-state index is 11.8. The summed E-state index contributed by atoms with van der Waals surface area (Å²) in [6.07, 6.45) is 3.99. The Morgan fingerprint density at radius 3 is 2.76 bits per heavy atom. The van der Waals surface area contributed by atoms with E-state index in [0.29, 0.717) is 11.6 Å². The van der Waals surface area contributed by atoms with Crippen LogP contribution in [0.4, 0.5) is 5.82 Å². The quantitative estimate of drug-likeness (QED) is 0.817. The third-order valence-corrected chi connectivity index (χ3v) is 2.32. The Labute approximate surface area is 101 Å². The van der Waals surface area contributed by atoms with Crippen molar-refractivity contribution < 1.29 is 9.53 Å². The van der Waals surface area contributed by atoms with Crippen molar-refractivity contribution in [2.24, 2.45) is 0 Å². The fraction of sp³-hybridized carbons (Fsp3) is 0.538. The second-order valence-electron chi connectivity index (χ2n) is 5.35. The van der Waals surface area contributed by atoms with Gasteiger partial charge in [0.05, 0.1) is 5.56 Å². The fourth-order valence-electron chi connectivity index (χ4n) is 1.41. The van der Waals surface area contributed by atoms with E-state index in [0.717, 1.165) is 5.82 Å². The summed E-state index contributed by atoms with van der Waals surface area (Å²) in [4.78, 5) is 16.0.